The summed E-state index contributed by atoms with van der Waals surface area (Å²) in [6, 6.07) is 15.6. The Morgan fingerprint density at radius 1 is 1.13 bits per heavy atom. The average Bonchev–Trinajstić information content (AvgIpc) is 2.61. The highest BCUT2D eigenvalue weighted by molar-refractivity contribution is 6.02. The maximum absolute atomic E-state index is 12.6. The van der Waals surface area contributed by atoms with Gasteiger partial charge in [0.15, 0.2) is 0 Å². The summed E-state index contributed by atoms with van der Waals surface area (Å²) in [5.41, 5.74) is 1.90. The Morgan fingerprint density at radius 3 is 3.00 bits per heavy atom. The van der Waals surface area contributed by atoms with Crippen molar-refractivity contribution in [3.05, 3.63) is 66.5 Å². The first-order chi connectivity index (χ1) is 11.3. The van der Waals surface area contributed by atoms with Crippen molar-refractivity contribution in [2.24, 2.45) is 5.92 Å². The molecule has 2 heterocycles. The molecule has 0 aliphatic carbocycles. The van der Waals surface area contributed by atoms with E-state index in [9.17, 15) is 4.79 Å². The van der Waals surface area contributed by atoms with Gasteiger partial charge >= 0.3 is 0 Å². The molecule has 1 unspecified atom stereocenters. The Morgan fingerprint density at radius 2 is 2.04 bits per heavy atom. The fourth-order valence-electron chi connectivity index (χ4n) is 2.96. The third kappa shape index (κ3) is 2.63. The molecular weight excluding hydrogens is 288 g/mol. The van der Waals surface area contributed by atoms with Gasteiger partial charge in [-0.05, 0) is 30.2 Å². The van der Waals surface area contributed by atoms with Gasteiger partial charge in [-0.25, -0.2) is 0 Å². The van der Waals surface area contributed by atoms with Crippen molar-refractivity contribution in [3.63, 3.8) is 0 Å². The summed E-state index contributed by atoms with van der Waals surface area (Å²) in [6.07, 6.45) is 4.23. The van der Waals surface area contributed by atoms with Crippen LogP contribution in [0, 0.1) is 5.92 Å². The normalized spacial score (nSPS) is 16.4. The molecule has 114 valence electrons. The van der Waals surface area contributed by atoms with Gasteiger partial charge in [-0.2, -0.15) is 0 Å². The lowest BCUT2D eigenvalue weighted by Crippen LogP contribution is -2.32. The number of anilines is 1. The fourth-order valence-corrected chi connectivity index (χ4v) is 2.96. The van der Waals surface area contributed by atoms with E-state index in [1.54, 1.807) is 12.4 Å². The third-order valence-corrected chi connectivity index (χ3v) is 4.19. The Labute approximate surface area is 134 Å². The molecule has 4 nitrogen and oxygen atoms in total. The van der Waals surface area contributed by atoms with Crippen LogP contribution in [0.3, 0.4) is 0 Å². The van der Waals surface area contributed by atoms with E-state index in [1.165, 1.54) is 0 Å². The largest absolute Gasteiger partial charge is 0.492 e. The van der Waals surface area contributed by atoms with Crippen molar-refractivity contribution in [2.75, 3.05) is 11.9 Å². The lowest BCUT2D eigenvalue weighted by molar-refractivity contribution is -0.121. The van der Waals surface area contributed by atoms with Gasteiger partial charge in [0.25, 0.3) is 0 Å². The number of hydrogen-bond donors (Lipinski definition) is 1. The Hall–Kier alpha value is -2.88. The third-order valence-electron chi connectivity index (χ3n) is 4.19. The summed E-state index contributed by atoms with van der Waals surface area (Å²) in [5.74, 6) is 0.693. The van der Waals surface area contributed by atoms with E-state index in [0.717, 1.165) is 27.8 Å². The number of amides is 1. The van der Waals surface area contributed by atoms with Gasteiger partial charge in [0.1, 0.15) is 12.4 Å². The highest BCUT2D eigenvalue weighted by Crippen LogP contribution is 2.28. The van der Waals surface area contributed by atoms with Crippen molar-refractivity contribution >= 4 is 22.4 Å². The van der Waals surface area contributed by atoms with Gasteiger partial charge in [0.2, 0.25) is 5.91 Å². The van der Waals surface area contributed by atoms with Crippen molar-refractivity contribution in [1.82, 2.24) is 4.98 Å². The topological polar surface area (TPSA) is 51.2 Å². The second-order valence-corrected chi connectivity index (χ2v) is 5.71. The van der Waals surface area contributed by atoms with E-state index in [4.69, 9.17) is 4.74 Å². The lowest BCUT2D eigenvalue weighted by Gasteiger charge is -2.24. The van der Waals surface area contributed by atoms with Crippen LogP contribution in [0.5, 0.6) is 5.75 Å². The van der Waals surface area contributed by atoms with Crippen LogP contribution >= 0.6 is 0 Å². The zero-order valence-corrected chi connectivity index (χ0v) is 12.5. The fraction of sp³-hybridized carbons (Fsp3) is 0.158. The minimum Gasteiger partial charge on any atom is -0.492 e. The van der Waals surface area contributed by atoms with Gasteiger partial charge in [0.05, 0.1) is 5.92 Å². The average molecular weight is 304 g/mol. The molecule has 0 fully saturated rings. The number of nitrogens with one attached hydrogen (secondary N) is 1. The summed E-state index contributed by atoms with van der Waals surface area (Å²) in [5, 5.41) is 5.04. The minimum absolute atomic E-state index is 0.0104. The molecule has 1 atom stereocenters. The molecule has 0 saturated carbocycles. The van der Waals surface area contributed by atoms with E-state index >= 15 is 0 Å². The molecule has 0 spiro atoms. The van der Waals surface area contributed by atoms with E-state index < -0.39 is 0 Å². The first-order valence-corrected chi connectivity index (χ1v) is 7.65. The molecule has 4 rings (SSSR count). The highest BCUT2D eigenvalue weighted by Gasteiger charge is 2.26. The number of hydrogen-bond acceptors (Lipinski definition) is 3. The van der Waals surface area contributed by atoms with Crippen LogP contribution in [-0.2, 0) is 11.2 Å². The maximum Gasteiger partial charge on any atom is 0.231 e. The SMILES string of the molecule is O=C(Nc1cccc2cnccc12)C1COc2ccccc2C1. The van der Waals surface area contributed by atoms with Crippen LogP contribution in [0.15, 0.2) is 60.9 Å². The second kappa shape index (κ2) is 5.72. The standard InChI is InChI=1S/C19H16N2O2/c22-19(15-10-13-4-1-2-7-18(13)23-12-15)21-17-6-3-5-14-11-20-9-8-16(14)17/h1-9,11,15H,10,12H2,(H,21,22). The Balaban J connectivity index is 1.56. The van der Waals surface area contributed by atoms with E-state index in [1.807, 2.05) is 48.5 Å². The second-order valence-electron chi connectivity index (χ2n) is 5.71. The molecule has 3 aromatic rings. The van der Waals surface area contributed by atoms with Gasteiger partial charge in [-0.3, -0.25) is 9.78 Å². The molecule has 1 aliphatic rings. The monoisotopic (exact) mass is 304 g/mol. The van der Waals surface area contributed by atoms with Gasteiger partial charge in [0, 0.05) is 28.9 Å². The van der Waals surface area contributed by atoms with Crippen molar-refractivity contribution < 1.29 is 9.53 Å². The molecule has 0 radical (unpaired) electrons. The Bertz CT molecular complexity index is 871. The molecule has 1 amide bonds. The van der Waals surface area contributed by atoms with Crippen LogP contribution in [0.25, 0.3) is 10.8 Å². The van der Waals surface area contributed by atoms with E-state index in [-0.39, 0.29) is 11.8 Å². The lowest BCUT2D eigenvalue weighted by atomic mass is 9.96. The quantitative estimate of drug-likeness (QED) is 0.789. The van der Waals surface area contributed by atoms with Crippen LogP contribution in [0.2, 0.25) is 0 Å². The summed E-state index contributed by atoms with van der Waals surface area (Å²) in [7, 11) is 0. The molecule has 2 aromatic carbocycles. The first-order valence-electron chi connectivity index (χ1n) is 7.65. The number of benzene rings is 2. The van der Waals surface area contributed by atoms with Crippen molar-refractivity contribution in [3.8, 4) is 5.75 Å². The van der Waals surface area contributed by atoms with E-state index in [2.05, 4.69) is 10.3 Å². The number of fused-ring (bicyclic) bond motifs is 2. The minimum atomic E-state index is -0.179. The smallest absolute Gasteiger partial charge is 0.231 e. The molecule has 0 saturated heterocycles. The highest BCUT2D eigenvalue weighted by atomic mass is 16.5. The van der Waals surface area contributed by atoms with Crippen LogP contribution in [0.1, 0.15) is 5.56 Å². The number of ether oxygens (including phenoxy) is 1. The molecule has 1 aromatic heterocycles. The Kier molecular flexibility index (Phi) is 3.42. The summed E-state index contributed by atoms with van der Waals surface area (Å²) in [6.45, 7) is 0.412. The molecular formula is C19H16N2O2. The molecule has 23 heavy (non-hydrogen) atoms. The van der Waals surface area contributed by atoms with Gasteiger partial charge < -0.3 is 10.1 Å². The number of aromatic nitrogens is 1. The van der Waals surface area contributed by atoms with Gasteiger partial charge in [-0.1, -0.05) is 30.3 Å². The summed E-state index contributed by atoms with van der Waals surface area (Å²) < 4.78 is 5.71. The maximum atomic E-state index is 12.6. The van der Waals surface area contributed by atoms with Gasteiger partial charge in [-0.15, -0.1) is 0 Å². The number of carbonyl (C=O) groups excluding carboxylic acids is 1. The first kappa shape index (κ1) is 13.8. The summed E-state index contributed by atoms with van der Waals surface area (Å²) >= 11 is 0. The molecule has 1 aliphatic heterocycles. The van der Waals surface area contributed by atoms with E-state index in [0.29, 0.717) is 13.0 Å². The number of carbonyl (C=O) groups is 1. The van der Waals surface area contributed by atoms with Crippen molar-refractivity contribution in [1.29, 1.82) is 0 Å². The predicted octanol–water partition coefficient (Wildman–Crippen LogP) is 3.42. The molecule has 4 heteroatoms. The number of rotatable bonds is 2. The molecule has 0 bridgehead atoms. The summed E-state index contributed by atoms with van der Waals surface area (Å²) in [4.78, 5) is 16.7. The zero-order chi connectivity index (χ0) is 15.6. The predicted molar refractivity (Wildman–Crippen MR) is 89.5 cm³/mol. The molecule has 1 N–H and O–H groups in total. The number of pyridine rings is 1. The van der Waals surface area contributed by atoms with Crippen LogP contribution in [0.4, 0.5) is 5.69 Å². The number of para-hydroxylation sites is 1. The zero-order valence-electron chi connectivity index (χ0n) is 12.5. The van der Waals surface area contributed by atoms with Crippen molar-refractivity contribution in [2.45, 2.75) is 6.42 Å². The van der Waals surface area contributed by atoms with Crippen LogP contribution in [-0.4, -0.2) is 17.5 Å². The number of nitrogens with zero attached hydrogens (tertiary/aromatic N) is 1. The van der Waals surface area contributed by atoms with Crippen LogP contribution < -0.4 is 10.1 Å².